The van der Waals surface area contributed by atoms with Crippen molar-refractivity contribution in [1.29, 1.82) is 0 Å². The Balaban J connectivity index is 2.22. The smallest absolute Gasteiger partial charge is 0.264 e. The van der Waals surface area contributed by atoms with Gasteiger partial charge in [0.2, 0.25) is 10.0 Å². The number of benzene rings is 2. The highest BCUT2D eigenvalue weighted by Crippen LogP contribution is 2.39. The molecule has 180 valence electrons. The van der Waals surface area contributed by atoms with Gasteiger partial charge in [-0.25, -0.2) is 13.4 Å². The van der Waals surface area contributed by atoms with Crippen molar-refractivity contribution in [2.24, 2.45) is 7.05 Å². The number of sulfonamides is 1. The number of aromatic nitrogens is 2. The summed E-state index contributed by atoms with van der Waals surface area (Å²) in [7, 11) is -2.38. The first-order chi connectivity index (χ1) is 16.4. The van der Waals surface area contributed by atoms with Crippen LogP contribution in [-0.4, -0.2) is 30.0 Å². The van der Waals surface area contributed by atoms with E-state index in [0.29, 0.717) is 37.5 Å². The highest BCUT2D eigenvalue weighted by molar-refractivity contribution is 7.92. The van der Waals surface area contributed by atoms with E-state index in [0.717, 1.165) is 6.26 Å². The summed E-state index contributed by atoms with van der Waals surface area (Å²) >= 11 is 18.7. The number of hydrogen-bond acceptors (Lipinski definition) is 5. The summed E-state index contributed by atoms with van der Waals surface area (Å²) in [6.07, 6.45) is 0.940. The molecule has 2 aromatic heterocycles. The number of hydrogen-bond donors (Lipinski definition) is 1. The lowest BCUT2D eigenvalue weighted by Crippen LogP contribution is -2.27. The second-order valence-corrected chi connectivity index (χ2v) is 11.0. The van der Waals surface area contributed by atoms with Crippen molar-refractivity contribution in [3.05, 3.63) is 79.5 Å². The number of halogens is 3. The number of carbonyl (C=O) groups excluding carboxylic acids is 1. The van der Waals surface area contributed by atoms with Crippen LogP contribution in [-0.2, 0) is 17.1 Å². The van der Waals surface area contributed by atoms with Gasteiger partial charge in [-0.1, -0.05) is 46.9 Å². The van der Waals surface area contributed by atoms with Gasteiger partial charge in [0.25, 0.3) is 5.56 Å². The van der Waals surface area contributed by atoms with Crippen molar-refractivity contribution in [3.8, 4) is 22.4 Å². The Hall–Kier alpha value is -2.91. The quantitative estimate of drug-likeness (QED) is 0.317. The van der Waals surface area contributed by atoms with Crippen molar-refractivity contribution in [2.45, 2.75) is 6.92 Å². The van der Waals surface area contributed by atoms with Gasteiger partial charge in [-0.05, 0) is 48.9 Å². The van der Waals surface area contributed by atoms with Crippen LogP contribution in [0.3, 0.4) is 0 Å². The van der Waals surface area contributed by atoms with Crippen molar-refractivity contribution in [2.75, 3.05) is 11.0 Å². The van der Waals surface area contributed by atoms with Gasteiger partial charge in [-0.2, -0.15) is 0 Å². The van der Waals surface area contributed by atoms with Crippen LogP contribution in [0.2, 0.25) is 15.1 Å². The number of aryl methyl sites for hydroxylation is 1. The Morgan fingerprint density at radius 3 is 2.17 bits per heavy atom. The summed E-state index contributed by atoms with van der Waals surface area (Å²) in [5, 5.41) is 1.56. The number of anilines is 1. The van der Waals surface area contributed by atoms with Crippen molar-refractivity contribution in [1.82, 2.24) is 9.55 Å². The fourth-order valence-electron chi connectivity index (χ4n) is 3.80. The lowest BCUT2D eigenvalue weighted by Gasteiger charge is -2.18. The summed E-state index contributed by atoms with van der Waals surface area (Å²) in [6.45, 7) is 1.20. The molecule has 0 atom stereocenters. The molecular formula is C24H18Cl3N3O4S. The van der Waals surface area contributed by atoms with Crippen LogP contribution >= 0.6 is 34.8 Å². The van der Waals surface area contributed by atoms with Crippen molar-refractivity contribution in [3.63, 3.8) is 0 Å². The van der Waals surface area contributed by atoms with Crippen molar-refractivity contribution < 1.29 is 13.2 Å². The number of carbonyl (C=O) groups is 1. The molecule has 0 amide bonds. The van der Waals surface area contributed by atoms with Crippen LogP contribution in [0.5, 0.6) is 0 Å². The number of rotatable bonds is 5. The van der Waals surface area contributed by atoms with E-state index in [1.807, 2.05) is 0 Å². The van der Waals surface area contributed by atoms with Crippen LogP contribution in [0, 0.1) is 0 Å². The molecule has 2 aromatic carbocycles. The summed E-state index contributed by atoms with van der Waals surface area (Å²) in [5.74, 6) is -0.587. The van der Waals surface area contributed by atoms with E-state index in [9.17, 15) is 18.0 Å². The minimum atomic E-state index is -3.84. The molecule has 0 spiro atoms. The molecule has 7 nitrogen and oxygen atoms in total. The monoisotopic (exact) mass is 549 g/mol. The molecule has 2 heterocycles. The second kappa shape index (κ2) is 9.28. The van der Waals surface area contributed by atoms with Crippen LogP contribution in [0.4, 0.5) is 5.69 Å². The van der Waals surface area contributed by atoms with Crippen LogP contribution in [0.25, 0.3) is 33.4 Å². The number of nitrogens with one attached hydrogen (secondary N) is 1. The maximum absolute atomic E-state index is 13.1. The molecule has 0 unspecified atom stereocenters. The van der Waals surface area contributed by atoms with E-state index in [-0.39, 0.29) is 22.3 Å². The van der Waals surface area contributed by atoms with Crippen molar-refractivity contribution >= 4 is 67.3 Å². The highest BCUT2D eigenvalue weighted by Gasteiger charge is 2.24. The summed E-state index contributed by atoms with van der Waals surface area (Å²) in [5.41, 5.74) is 1.31. The minimum Gasteiger partial charge on any atom is -0.295 e. The molecule has 0 bridgehead atoms. The maximum atomic E-state index is 13.1. The van der Waals surface area contributed by atoms with Gasteiger partial charge < -0.3 is 0 Å². The molecule has 0 aliphatic rings. The van der Waals surface area contributed by atoms with Crippen LogP contribution in [0.1, 0.15) is 17.3 Å². The zero-order valence-corrected chi connectivity index (χ0v) is 21.8. The van der Waals surface area contributed by atoms with Gasteiger partial charge in [0.15, 0.2) is 5.78 Å². The predicted octanol–water partition coefficient (Wildman–Crippen LogP) is 5.80. The van der Waals surface area contributed by atoms with E-state index >= 15 is 0 Å². The topological polar surface area (TPSA) is 98.1 Å². The first kappa shape index (κ1) is 25.2. The van der Waals surface area contributed by atoms with Gasteiger partial charge in [-0.3, -0.25) is 18.9 Å². The van der Waals surface area contributed by atoms with Gasteiger partial charge >= 0.3 is 0 Å². The summed E-state index contributed by atoms with van der Waals surface area (Å²) in [6, 6.07) is 13.6. The lowest BCUT2D eigenvalue weighted by atomic mass is 9.97. The average Bonchev–Trinajstić information content (AvgIpc) is 2.76. The zero-order valence-electron chi connectivity index (χ0n) is 18.7. The summed E-state index contributed by atoms with van der Waals surface area (Å²) < 4.78 is 27.9. The van der Waals surface area contributed by atoms with E-state index in [2.05, 4.69) is 4.72 Å². The van der Waals surface area contributed by atoms with E-state index < -0.39 is 21.4 Å². The number of ketones is 1. The molecule has 0 saturated carbocycles. The SMILES string of the molecule is CC(=O)c1c(NS(C)(=O)=O)c2cc(-c3ccc(Cl)cc3)c(-c3ccc(Cl)cc3Cl)nc2n(C)c1=O. The first-order valence-electron chi connectivity index (χ1n) is 10.1. The molecule has 0 radical (unpaired) electrons. The molecule has 0 aliphatic carbocycles. The molecule has 35 heavy (non-hydrogen) atoms. The number of Topliss-reactive ketones (excluding diaryl/α,β-unsaturated/α-hetero) is 1. The predicted molar refractivity (Wildman–Crippen MR) is 141 cm³/mol. The fourth-order valence-corrected chi connectivity index (χ4v) is 5.01. The molecule has 0 aliphatic heterocycles. The minimum absolute atomic E-state index is 0.130. The molecule has 4 rings (SSSR count). The van der Waals surface area contributed by atoms with E-state index in [4.69, 9.17) is 39.8 Å². The Morgan fingerprint density at radius 2 is 1.60 bits per heavy atom. The molecule has 0 saturated heterocycles. The third-order valence-electron chi connectivity index (χ3n) is 5.34. The van der Waals surface area contributed by atoms with Gasteiger partial charge in [0, 0.05) is 33.6 Å². The highest BCUT2D eigenvalue weighted by atomic mass is 35.5. The van der Waals surface area contributed by atoms with Gasteiger partial charge in [0.1, 0.15) is 11.2 Å². The molecule has 0 fully saturated rings. The Kier molecular flexibility index (Phi) is 6.68. The van der Waals surface area contributed by atoms with Gasteiger partial charge in [0.05, 0.1) is 22.7 Å². The molecule has 4 aromatic rings. The largest absolute Gasteiger partial charge is 0.295 e. The Labute approximate surface area is 216 Å². The van der Waals surface area contributed by atoms with E-state index in [1.165, 1.54) is 18.5 Å². The first-order valence-corrected chi connectivity index (χ1v) is 13.2. The zero-order chi connectivity index (χ0) is 25.7. The molecular weight excluding hydrogens is 533 g/mol. The average molecular weight is 551 g/mol. The van der Waals surface area contributed by atoms with Gasteiger partial charge in [-0.15, -0.1) is 0 Å². The second-order valence-electron chi connectivity index (χ2n) is 7.93. The third-order valence-corrected chi connectivity index (χ3v) is 6.71. The Bertz CT molecular complexity index is 1680. The Morgan fingerprint density at radius 1 is 0.971 bits per heavy atom. The molecule has 1 N–H and O–H groups in total. The van der Waals surface area contributed by atoms with Crippen LogP contribution < -0.4 is 10.3 Å². The lowest BCUT2D eigenvalue weighted by molar-refractivity contribution is 0.101. The maximum Gasteiger partial charge on any atom is 0.264 e. The standard InChI is InChI=1S/C24H18Cl3N3O4S/c1-12(31)20-22(29-35(3,33)34)18-11-17(13-4-6-14(25)7-5-13)21(28-23(18)30(2)24(20)32)16-9-8-15(26)10-19(16)27/h4-11,29H,1-3H3. The van der Waals surface area contributed by atoms with Crippen LogP contribution in [0.15, 0.2) is 53.3 Å². The fraction of sp³-hybridized carbons (Fsp3) is 0.125. The van der Waals surface area contributed by atoms with E-state index in [1.54, 1.807) is 48.5 Å². The summed E-state index contributed by atoms with van der Waals surface area (Å²) in [4.78, 5) is 30.2. The number of nitrogens with zero attached hydrogens (tertiary/aromatic N) is 2. The normalized spacial score (nSPS) is 11.6. The molecule has 11 heteroatoms. The number of pyridine rings is 2. The third kappa shape index (κ3) is 4.92. The number of fused-ring (bicyclic) bond motifs is 1.